The van der Waals surface area contributed by atoms with Crippen LogP contribution in [0.4, 0.5) is 0 Å². The summed E-state index contributed by atoms with van der Waals surface area (Å²) in [6, 6.07) is 0. The van der Waals surface area contributed by atoms with Crippen molar-refractivity contribution in [1.82, 2.24) is 0 Å². The lowest BCUT2D eigenvalue weighted by Crippen LogP contribution is -2.52. The van der Waals surface area contributed by atoms with E-state index in [9.17, 15) is 5.11 Å². The maximum Gasteiger partial charge on any atom is 0.0924 e. The zero-order valence-corrected chi connectivity index (χ0v) is 15.0. The lowest BCUT2D eigenvalue weighted by molar-refractivity contribution is -0.232. The van der Waals surface area contributed by atoms with E-state index in [1.54, 1.807) is 0 Å². The van der Waals surface area contributed by atoms with Crippen molar-refractivity contribution >= 4 is 0 Å². The molecule has 0 aliphatic carbocycles. The van der Waals surface area contributed by atoms with Crippen molar-refractivity contribution in [1.29, 1.82) is 0 Å². The average molecular weight is 324 g/mol. The smallest absolute Gasteiger partial charge is 0.0924 e. The number of ether oxygens (including phenoxy) is 3. The van der Waals surface area contributed by atoms with Gasteiger partial charge in [-0.1, -0.05) is 6.08 Å². The van der Waals surface area contributed by atoms with Gasteiger partial charge < -0.3 is 19.3 Å². The summed E-state index contributed by atoms with van der Waals surface area (Å²) < 4.78 is 19.3. The Kier molecular flexibility index (Phi) is 4.41. The van der Waals surface area contributed by atoms with Gasteiger partial charge in [-0.25, -0.2) is 0 Å². The Morgan fingerprint density at radius 1 is 0.870 bits per heavy atom. The predicted octanol–water partition coefficient (Wildman–Crippen LogP) is 3.37. The Hall–Kier alpha value is -0.420. The van der Waals surface area contributed by atoms with E-state index in [4.69, 9.17) is 14.2 Å². The van der Waals surface area contributed by atoms with Crippen LogP contribution in [0.2, 0.25) is 0 Å². The van der Waals surface area contributed by atoms with Crippen LogP contribution in [0.1, 0.15) is 66.2 Å². The molecule has 3 saturated heterocycles. The van der Waals surface area contributed by atoms with E-state index in [-0.39, 0.29) is 29.5 Å². The standard InChI is InChI=1S/C19H32O4/c1-6-13-7-8-15-18(4,21-13)12-10-16-19(5,23-15)11-9-14(20)17(2,3)22-16/h6,13-16,20H,1,7-12H2,2-5H3/t13-,14-,15-,16-,18+,19+/m1/s1. The second-order valence-electron chi connectivity index (χ2n) is 8.50. The van der Waals surface area contributed by atoms with Gasteiger partial charge in [-0.15, -0.1) is 6.58 Å². The second-order valence-corrected chi connectivity index (χ2v) is 8.50. The highest BCUT2D eigenvalue weighted by Gasteiger charge is 2.53. The molecule has 4 heteroatoms. The fourth-order valence-electron chi connectivity index (χ4n) is 4.41. The highest BCUT2D eigenvalue weighted by Crippen LogP contribution is 2.46. The number of hydrogen-bond donors (Lipinski definition) is 1. The Balaban J connectivity index is 1.85. The van der Waals surface area contributed by atoms with E-state index in [1.165, 1.54) is 0 Å². The molecule has 0 aromatic rings. The van der Waals surface area contributed by atoms with Crippen LogP contribution in [-0.2, 0) is 14.2 Å². The maximum atomic E-state index is 10.4. The third-order valence-electron chi connectivity index (χ3n) is 6.24. The molecule has 0 bridgehead atoms. The molecule has 0 aromatic heterocycles. The molecule has 4 nitrogen and oxygen atoms in total. The Morgan fingerprint density at radius 3 is 2.17 bits per heavy atom. The zero-order valence-electron chi connectivity index (χ0n) is 15.0. The summed E-state index contributed by atoms with van der Waals surface area (Å²) in [7, 11) is 0. The Labute approximate surface area is 140 Å². The normalized spacial score (nSPS) is 50.1. The predicted molar refractivity (Wildman–Crippen MR) is 89.4 cm³/mol. The molecule has 1 N–H and O–H groups in total. The maximum absolute atomic E-state index is 10.4. The van der Waals surface area contributed by atoms with Gasteiger partial charge in [0.2, 0.25) is 0 Å². The van der Waals surface area contributed by atoms with E-state index in [2.05, 4.69) is 20.4 Å². The van der Waals surface area contributed by atoms with Gasteiger partial charge in [-0.05, 0) is 66.2 Å². The molecule has 0 amide bonds. The second kappa shape index (κ2) is 5.83. The molecule has 0 unspecified atom stereocenters. The number of aliphatic hydroxyl groups excluding tert-OH is 1. The first kappa shape index (κ1) is 17.4. The molecule has 0 spiro atoms. The zero-order chi connectivity index (χ0) is 16.9. The summed E-state index contributed by atoms with van der Waals surface area (Å²) in [5, 5.41) is 10.4. The first-order chi connectivity index (χ1) is 10.7. The van der Waals surface area contributed by atoms with Crippen molar-refractivity contribution < 1.29 is 19.3 Å². The molecule has 3 rings (SSSR count). The summed E-state index contributed by atoms with van der Waals surface area (Å²) in [6.45, 7) is 12.2. The number of fused-ring (bicyclic) bond motifs is 2. The van der Waals surface area contributed by atoms with Crippen molar-refractivity contribution in [3.63, 3.8) is 0 Å². The summed E-state index contributed by atoms with van der Waals surface area (Å²) in [4.78, 5) is 0. The van der Waals surface area contributed by atoms with Crippen LogP contribution < -0.4 is 0 Å². The molecule has 132 valence electrons. The van der Waals surface area contributed by atoms with Crippen molar-refractivity contribution in [2.75, 3.05) is 0 Å². The molecule has 3 heterocycles. The van der Waals surface area contributed by atoms with Crippen LogP contribution in [0.15, 0.2) is 12.7 Å². The molecule has 6 atom stereocenters. The highest BCUT2D eigenvalue weighted by molar-refractivity contribution is 5.04. The minimum Gasteiger partial charge on any atom is -0.390 e. The van der Waals surface area contributed by atoms with Crippen LogP contribution >= 0.6 is 0 Å². The molecule has 0 saturated carbocycles. The third-order valence-corrected chi connectivity index (χ3v) is 6.24. The number of aliphatic hydroxyl groups is 1. The van der Waals surface area contributed by atoms with Crippen molar-refractivity contribution in [3.8, 4) is 0 Å². The van der Waals surface area contributed by atoms with E-state index < -0.39 is 11.7 Å². The van der Waals surface area contributed by atoms with Gasteiger partial charge in [0.15, 0.2) is 0 Å². The van der Waals surface area contributed by atoms with Crippen LogP contribution in [0.5, 0.6) is 0 Å². The average Bonchev–Trinajstić information content (AvgIpc) is 2.65. The summed E-state index contributed by atoms with van der Waals surface area (Å²) in [5.74, 6) is 0. The van der Waals surface area contributed by atoms with Crippen LogP contribution in [0.25, 0.3) is 0 Å². The van der Waals surface area contributed by atoms with Crippen molar-refractivity contribution in [2.24, 2.45) is 0 Å². The molecule has 23 heavy (non-hydrogen) atoms. The van der Waals surface area contributed by atoms with Crippen molar-refractivity contribution in [2.45, 2.75) is 107 Å². The molecule has 3 aliphatic heterocycles. The first-order valence-electron chi connectivity index (χ1n) is 9.03. The molecular formula is C19H32O4. The minimum atomic E-state index is -0.535. The first-order valence-corrected chi connectivity index (χ1v) is 9.03. The van der Waals surface area contributed by atoms with Gasteiger partial charge in [0, 0.05) is 0 Å². The van der Waals surface area contributed by atoms with E-state index in [0.717, 1.165) is 32.1 Å². The SMILES string of the molecule is C=C[C@@H]1CC[C@H]2O[C@@]3(C)CC[C@@H](O)C(C)(C)O[C@@H]3CC[C@]2(C)O1. The van der Waals surface area contributed by atoms with Gasteiger partial charge in [0.1, 0.15) is 0 Å². The van der Waals surface area contributed by atoms with Gasteiger partial charge >= 0.3 is 0 Å². The topological polar surface area (TPSA) is 47.9 Å². The quantitative estimate of drug-likeness (QED) is 0.751. The van der Waals surface area contributed by atoms with E-state index >= 15 is 0 Å². The highest BCUT2D eigenvalue weighted by atomic mass is 16.6. The lowest BCUT2D eigenvalue weighted by Gasteiger charge is -2.45. The van der Waals surface area contributed by atoms with Crippen LogP contribution in [-0.4, -0.2) is 46.3 Å². The van der Waals surface area contributed by atoms with E-state index in [0.29, 0.717) is 6.42 Å². The molecule has 3 fully saturated rings. The fourth-order valence-corrected chi connectivity index (χ4v) is 4.41. The summed E-state index contributed by atoms with van der Waals surface area (Å²) >= 11 is 0. The van der Waals surface area contributed by atoms with Crippen LogP contribution in [0, 0.1) is 0 Å². The lowest BCUT2D eigenvalue weighted by atomic mass is 9.85. The van der Waals surface area contributed by atoms with Gasteiger partial charge in [-0.3, -0.25) is 0 Å². The Morgan fingerprint density at radius 2 is 1.48 bits per heavy atom. The monoisotopic (exact) mass is 324 g/mol. The van der Waals surface area contributed by atoms with Gasteiger partial charge in [-0.2, -0.15) is 0 Å². The Bertz CT molecular complexity index is 462. The van der Waals surface area contributed by atoms with Crippen LogP contribution in [0.3, 0.4) is 0 Å². The van der Waals surface area contributed by atoms with Crippen molar-refractivity contribution in [3.05, 3.63) is 12.7 Å². The fraction of sp³-hybridized carbons (Fsp3) is 0.895. The van der Waals surface area contributed by atoms with Gasteiger partial charge in [0.25, 0.3) is 0 Å². The minimum absolute atomic E-state index is 0.0112. The number of hydrogen-bond acceptors (Lipinski definition) is 4. The molecule has 0 radical (unpaired) electrons. The number of rotatable bonds is 1. The molecule has 3 aliphatic rings. The third kappa shape index (κ3) is 3.11. The summed E-state index contributed by atoms with van der Waals surface area (Å²) in [6.07, 6.45) is 6.92. The summed E-state index contributed by atoms with van der Waals surface area (Å²) in [5.41, 5.74) is -1.17. The van der Waals surface area contributed by atoms with E-state index in [1.807, 2.05) is 19.9 Å². The van der Waals surface area contributed by atoms with Gasteiger partial charge in [0.05, 0.1) is 41.2 Å². The molecule has 0 aromatic carbocycles. The largest absolute Gasteiger partial charge is 0.390 e. The molecular weight excluding hydrogens is 292 g/mol.